The average Bonchev–Trinajstić information content (AvgIpc) is 3.65. The van der Waals surface area contributed by atoms with Crippen molar-refractivity contribution in [3.8, 4) is 6.07 Å². The van der Waals surface area contributed by atoms with E-state index >= 15 is 0 Å². The smallest absolute Gasteiger partial charge is 0.475 e. The van der Waals surface area contributed by atoms with Gasteiger partial charge in [0.1, 0.15) is 17.7 Å². The van der Waals surface area contributed by atoms with Gasteiger partial charge in [-0.05, 0) is 92.5 Å². The summed E-state index contributed by atoms with van der Waals surface area (Å²) in [5.41, 5.74) is 4.03. The van der Waals surface area contributed by atoms with Gasteiger partial charge in [0.05, 0.1) is 4.47 Å². The summed E-state index contributed by atoms with van der Waals surface area (Å²) in [5, 5.41) is 18.1. The number of carbonyl (C=O) groups is 3. The molecule has 4 rings (SSSR count). The zero-order chi connectivity index (χ0) is 33.4. The second kappa shape index (κ2) is 15.5. The second-order valence-corrected chi connectivity index (χ2v) is 12.7. The Hall–Kier alpha value is -3.77. The molecular weight excluding hydrogens is 661 g/mol. The summed E-state index contributed by atoms with van der Waals surface area (Å²) in [6, 6.07) is 9.17. The molecule has 11 nitrogen and oxygen atoms in total. The number of carboxylic acid groups (broad SMARTS) is 1. The Bertz CT molecular complexity index is 1390. The lowest BCUT2D eigenvalue weighted by Gasteiger charge is -2.28. The van der Waals surface area contributed by atoms with Crippen molar-refractivity contribution in [2.45, 2.75) is 83.7 Å². The Balaban J connectivity index is 0.000000707. The summed E-state index contributed by atoms with van der Waals surface area (Å²) in [7, 11) is 0. The third-order valence-electron chi connectivity index (χ3n) is 7.12. The van der Waals surface area contributed by atoms with E-state index in [0.717, 1.165) is 37.8 Å². The Morgan fingerprint density at radius 1 is 1.13 bits per heavy atom. The molecule has 1 aromatic carbocycles. The number of amides is 1. The van der Waals surface area contributed by atoms with Crippen LogP contribution in [-0.2, 0) is 20.9 Å². The first-order valence-corrected chi connectivity index (χ1v) is 15.2. The van der Waals surface area contributed by atoms with Crippen LogP contribution in [0.5, 0.6) is 0 Å². The van der Waals surface area contributed by atoms with E-state index in [9.17, 15) is 28.0 Å². The molecule has 0 spiro atoms. The number of nitriles is 1. The second-order valence-electron chi connectivity index (χ2n) is 11.8. The number of carboxylic acids is 1. The number of benzene rings is 1. The molecule has 1 atom stereocenters. The minimum absolute atomic E-state index is 0.0461. The number of aromatic nitrogens is 2. The van der Waals surface area contributed by atoms with Gasteiger partial charge in [0, 0.05) is 24.8 Å². The van der Waals surface area contributed by atoms with Gasteiger partial charge in [-0.1, -0.05) is 25.0 Å². The fourth-order valence-corrected chi connectivity index (χ4v) is 5.48. The molecule has 1 aromatic heterocycles. The van der Waals surface area contributed by atoms with Gasteiger partial charge in [-0.3, -0.25) is 24.9 Å². The van der Waals surface area contributed by atoms with E-state index in [1.807, 2.05) is 39.0 Å². The van der Waals surface area contributed by atoms with Crippen LogP contribution in [0.2, 0.25) is 0 Å². The molecule has 244 valence electrons. The first-order valence-electron chi connectivity index (χ1n) is 14.4. The predicted octanol–water partition coefficient (Wildman–Crippen LogP) is 5.39. The summed E-state index contributed by atoms with van der Waals surface area (Å²) >= 11 is 3.47. The molecule has 0 bridgehead atoms. The maximum atomic E-state index is 13.2. The highest BCUT2D eigenvalue weighted by molar-refractivity contribution is 9.10. The van der Waals surface area contributed by atoms with Crippen molar-refractivity contribution in [3.05, 3.63) is 51.9 Å². The molecular formula is C30H36BrF3N6O5. The number of ether oxygens (including phenoxy) is 1. The number of esters is 1. The zero-order valence-corrected chi connectivity index (χ0v) is 26.8. The lowest BCUT2D eigenvalue weighted by molar-refractivity contribution is -0.192. The molecule has 15 heteroatoms. The van der Waals surface area contributed by atoms with Crippen molar-refractivity contribution < 1.29 is 37.4 Å². The standard InChI is InChI=1S/C28H35BrN6O3.C2HF3O2/c1-28(2,3)38-27(37)23-9-6-14-34(23)17-20-10-12-21(13-11-20)26(36)33-35(18-19-7-4-5-8-19)25-22(29)16-31-24(15-30)32-25;3-2(4,5)1(6)7/h10-13,16,19,23H,4-9,14,17-18H2,1-3H3,(H,33,36);(H,6,7)/t23-;/m0./s1. The summed E-state index contributed by atoms with van der Waals surface area (Å²) in [6.07, 6.45) is 2.73. The van der Waals surface area contributed by atoms with Gasteiger partial charge in [0.2, 0.25) is 5.82 Å². The van der Waals surface area contributed by atoms with E-state index in [4.69, 9.17) is 14.6 Å². The van der Waals surface area contributed by atoms with E-state index in [-0.39, 0.29) is 23.7 Å². The number of likely N-dealkylation sites (tertiary alicyclic amines) is 1. The van der Waals surface area contributed by atoms with Gasteiger partial charge < -0.3 is 9.84 Å². The highest BCUT2D eigenvalue weighted by atomic mass is 79.9. The lowest BCUT2D eigenvalue weighted by atomic mass is 10.1. The Kier molecular flexibility index (Phi) is 12.3. The normalized spacial score (nSPS) is 17.2. The SMILES string of the molecule is CC(C)(C)OC(=O)[C@@H]1CCCN1Cc1ccc(C(=O)NN(CC2CCCC2)c2nc(C#N)ncc2Br)cc1.O=C(O)C(F)(F)F. The topological polar surface area (TPSA) is 149 Å². The number of aliphatic carboxylic acids is 1. The molecule has 45 heavy (non-hydrogen) atoms. The Labute approximate surface area is 267 Å². The molecule has 2 aromatic rings. The molecule has 2 aliphatic rings. The summed E-state index contributed by atoms with van der Waals surface area (Å²) in [5.74, 6) is -2.24. The number of hydrogen-bond donors (Lipinski definition) is 2. The molecule has 1 aliphatic heterocycles. The minimum Gasteiger partial charge on any atom is -0.475 e. The van der Waals surface area contributed by atoms with Crippen LogP contribution in [0.15, 0.2) is 34.9 Å². The van der Waals surface area contributed by atoms with Crippen molar-refractivity contribution in [2.24, 2.45) is 5.92 Å². The van der Waals surface area contributed by atoms with Crippen molar-refractivity contribution in [1.29, 1.82) is 5.26 Å². The predicted molar refractivity (Wildman–Crippen MR) is 161 cm³/mol. The van der Waals surface area contributed by atoms with Gasteiger partial charge >= 0.3 is 18.1 Å². The third-order valence-corrected chi connectivity index (χ3v) is 7.68. The highest BCUT2D eigenvalue weighted by Crippen LogP contribution is 2.29. The maximum absolute atomic E-state index is 13.2. The molecule has 1 amide bonds. The van der Waals surface area contributed by atoms with Crippen LogP contribution < -0.4 is 10.4 Å². The summed E-state index contributed by atoms with van der Waals surface area (Å²) in [6.45, 7) is 7.70. The molecule has 1 saturated carbocycles. The number of alkyl halides is 3. The van der Waals surface area contributed by atoms with Crippen LogP contribution in [0.1, 0.15) is 81.0 Å². The number of nitrogens with zero attached hydrogens (tertiary/aromatic N) is 5. The summed E-state index contributed by atoms with van der Waals surface area (Å²) in [4.78, 5) is 45.3. The monoisotopic (exact) mass is 696 g/mol. The van der Waals surface area contributed by atoms with Crippen LogP contribution in [0.25, 0.3) is 0 Å². The van der Waals surface area contributed by atoms with Crippen LogP contribution in [0.4, 0.5) is 19.0 Å². The van der Waals surface area contributed by atoms with Gasteiger partial charge in [-0.25, -0.2) is 9.78 Å². The van der Waals surface area contributed by atoms with Crippen molar-refractivity contribution >= 4 is 39.6 Å². The van der Waals surface area contributed by atoms with Gasteiger partial charge in [-0.15, -0.1) is 0 Å². The number of carbonyl (C=O) groups excluding carboxylic acids is 2. The average molecular weight is 698 g/mol. The highest BCUT2D eigenvalue weighted by Gasteiger charge is 2.38. The Morgan fingerprint density at radius 3 is 2.31 bits per heavy atom. The minimum atomic E-state index is -5.08. The van der Waals surface area contributed by atoms with Crippen molar-refractivity contribution in [3.63, 3.8) is 0 Å². The van der Waals surface area contributed by atoms with E-state index in [2.05, 4.69) is 36.2 Å². The fourth-order valence-electron chi connectivity index (χ4n) is 5.07. The van der Waals surface area contributed by atoms with E-state index < -0.39 is 17.7 Å². The number of anilines is 1. The first kappa shape index (κ1) is 35.7. The molecule has 2 N–H and O–H groups in total. The van der Waals surface area contributed by atoms with Crippen molar-refractivity contribution in [2.75, 3.05) is 18.1 Å². The number of rotatable bonds is 8. The zero-order valence-electron chi connectivity index (χ0n) is 25.2. The first-order chi connectivity index (χ1) is 21.1. The fraction of sp³-hybridized carbons (Fsp3) is 0.533. The third kappa shape index (κ3) is 11.0. The van der Waals surface area contributed by atoms with E-state index in [0.29, 0.717) is 34.9 Å². The lowest BCUT2D eigenvalue weighted by Crippen LogP contribution is -2.45. The molecule has 1 aliphatic carbocycles. The number of hydrazine groups is 1. The van der Waals surface area contributed by atoms with Gasteiger partial charge in [0.15, 0.2) is 5.82 Å². The van der Waals surface area contributed by atoms with Crippen LogP contribution in [-0.4, -0.2) is 68.7 Å². The molecule has 0 unspecified atom stereocenters. The molecule has 2 fully saturated rings. The van der Waals surface area contributed by atoms with Crippen LogP contribution in [0.3, 0.4) is 0 Å². The maximum Gasteiger partial charge on any atom is 0.490 e. The van der Waals surface area contributed by atoms with E-state index in [1.54, 1.807) is 17.1 Å². The molecule has 0 radical (unpaired) electrons. The van der Waals surface area contributed by atoms with Crippen LogP contribution in [0, 0.1) is 17.2 Å². The van der Waals surface area contributed by atoms with Gasteiger partial charge in [-0.2, -0.15) is 23.4 Å². The summed E-state index contributed by atoms with van der Waals surface area (Å²) < 4.78 is 38.0. The largest absolute Gasteiger partial charge is 0.490 e. The van der Waals surface area contributed by atoms with Crippen molar-refractivity contribution in [1.82, 2.24) is 20.3 Å². The van der Waals surface area contributed by atoms with Gasteiger partial charge in [0.25, 0.3) is 5.91 Å². The molecule has 1 saturated heterocycles. The number of halogens is 4. The van der Waals surface area contributed by atoms with E-state index in [1.165, 1.54) is 19.0 Å². The quantitative estimate of drug-likeness (QED) is 0.272. The Morgan fingerprint density at radius 2 is 1.76 bits per heavy atom. The molecule has 2 heterocycles. The van der Waals surface area contributed by atoms with Crippen LogP contribution >= 0.6 is 15.9 Å². The number of nitrogens with one attached hydrogen (secondary N) is 1. The number of hydrogen-bond acceptors (Lipinski definition) is 9.